The molecule has 0 aromatic heterocycles. The molecule has 1 fully saturated rings. The largest absolute Gasteiger partial charge is 0.366 e. The standard InChI is InChI=1S/C12H13NO2S/c1-8-12(15)10-5-3-2-4-9(10)11(14)13(12)6-7-16-8/h2-5,8,15H,6-7H2,1H3/t8-,12+/m0/s1. The summed E-state index contributed by atoms with van der Waals surface area (Å²) in [6, 6.07) is 7.37. The molecule has 1 N–H and O–H groups in total. The number of amides is 1. The topological polar surface area (TPSA) is 40.5 Å². The Hall–Kier alpha value is -1.00. The molecule has 1 amide bonds. The zero-order chi connectivity index (χ0) is 11.3. The first-order chi connectivity index (χ1) is 7.65. The van der Waals surface area contributed by atoms with Gasteiger partial charge in [-0.05, 0) is 13.0 Å². The summed E-state index contributed by atoms with van der Waals surface area (Å²) in [5.41, 5.74) is 0.315. The molecule has 3 rings (SSSR count). The van der Waals surface area contributed by atoms with E-state index in [0.29, 0.717) is 12.1 Å². The van der Waals surface area contributed by atoms with Crippen LogP contribution in [0, 0.1) is 0 Å². The zero-order valence-electron chi connectivity index (χ0n) is 9.01. The van der Waals surface area contributed by atoms with Crippen molar-refractivity contribution in [1.29, 1.82) is 0 Å². The smallest absolute Gasteiger partial charge is 0.256 e. The van der Waals surface area contributed by atoms with E-state index in [9.17, 15) is 9.90 Å². The average molecular weight is 235 g/mol. The van der Waals surface area contributed by atoms with Crippen LogP contribution < -0.4 is 0 Å². The summed E-state index contributed by atoms with van der Waals surface area (Å²) >= 11 is 1.72. The Morgan fingerprint density at radius 2 is 2.25 bits per heavy atom. The lowest BCUT2D eigenvalue weighted by Gasteiger charge is -2.42. The van der Waals surface area contributed by atoms with Gasteiger partial charge in [0.1, 0.15) is 0 Å². The van der Waals surface area contributed by atoms with Gasteiger partial charge in [0.15, 0.2) is 5.72 Å². The first-order valence-electron chi connectivity index (χ1n) is 5.41. The van der Waals surface area contributed by atoms with E-state index in [1.165, 1.54) is 0 Å². The molecule has 2 atom stereocenters. The molecule has 84 valence electrons. The van der Waals surface area contributed by atoms with Crippen LogP contribution in [0.3, 0.4) is 0 Å². The highest BCUT2D eigenvalue weighted by atomic mass is 32.2. The molecular formula is C12H13NO2S. The second-order valence-corrected chi connectivity index (χ2v) is 5.69. The van der Waals surface area contributed by atoms with Gasteiger partial charge in [-0.2, -0.15) is 11.8 Å². The molecule has 1 aromatic carbocycles. The van der Waals surface area contributed by atoms with Gasteiger partial charge >= 0.3 is 0 Å². The van der Waals surface area contributed by atoms with E-state index in [1.807, 2.05) is 25.1 Å². The predicted octanol–water partition coefficient (Wildman–Crippen LogP) is 1.42. The molecule has 0 unspecified atom stereocenters. The van der Waals surface area contributed by atoms with Crippen LogP contribution in [0.1, 0.15) is 22.8 Å². The normalized spacial score (nSPS) is 32.5. The van der Waals surface area contributed by atoms with Gasteiger partial charge in [-0.3, -0.25) is 4.79 Å². The molecular weight excluding hydrogens is 222 g/mol. The Morgan fingerprint density at radius 1 is 1.50 bits per heavy atom. The Kier molecular flexibility index (Phi) is 2.06. The number of hydrogen-bond acceptors (Lipinski definition) is 3. The van der Waals surface area contributed by atoms with Gasteiger partial charge in [-0.25, -0.2) is 0 Å². The van der Waals surface area contributed by atoms with Gasteiger partial charge in [0.25, 0.3) is 5.91 Å². The first kappa shape index (κ1) is 10.2. The Labute approximate surface area is 98.4 Å². The molecule has 3 nitrogen and oxygen atoms in total. The zero-order valence-corrected chi connectivity index (χ0v) is 9.83. The van der Waals surface area contributed by atoms with E-state index in [4.69, 9.17) is 0 Å². The quantitative estimate of drug-likeness (QED) is 0.739. The Bertz CT molecular complexity index is 462. The summed E-state index contributed by atoms with van der Waals surface area (Å²) < 4.78 is 0. The molecule has 1 saturated heterocycles. The Morgan fingerprint density at radius 3 is 3.06 bits per heavy atom. The van der Waals surface area contributed by atoms with Crippen LogP contribution >= 0.6 is 11.8 Å². The van der Waals surface area contributed by atoms with Gasteiger partial charge in [0.05, 0.1) is 5.25 Å². The van der Waals surface area contributed by atoms with Crippen LogP contribution in [-0.2, 0) is 5.72 Å². The number of hydrogen-bond donors (Lipinski definition) is 1. The maximum atomic E-state index is 12.1. The van der Waals surface area contributed by atoms with Crippen LogP contribution in [0.5, 0.6) is 0 Å². The average Bonchev–Trinajstić information content (AvgIpc) is 2.53. The van der Waals surface area contributed by atoms with Crippen LogP contribution in [0.4, 0.5) is 0 Å². The van der Waals surface area contributed by atoms with Crippen molar-refractivity contribution in [3.05, 3.63) is 35.4 Å². The number of rotatable bonds is 0. The van der Waals surface area contributed by atoms with E-state index in [0.717, 1.165) is 11.3 Å². The van der Waals surface area contributed by atoms with Gasteiger partial charge in [-0.1, -0.05) is 18.2 Å². The second kappa shape index (κ2) is 3.25. The molecule has 0 radical (unpaired) electrons. The van der Waals surface area contributed by atoms with Crippen molar-refractivity contribution in [3.63, 3.8) is 0 Å². The second-order valence-electron chi connectivity index (χ2n) is 4.24. The van der Waals surface area contributed by atoms with E-state index in [1.54, 1.807) is 22.7 Å². The first-order valence-corrected chi connectivity index (χ1v) is 6.46. The summed E-state index contributed by atoms with van der Waals surface area (Å²) in [6.45, 7) is 2.60. The molecule has 2 aliphatic rings. The molecule has 16 heavy (non-hydrogen) atoms. The lowest BCUT2D eigenvalue weighted by Crippen LogP contribution is -2.53. The van der Waals surface area contributed by atoms with Crippen molar-refractivity contribution >= 4 is 17.7 Å². The molecule has 2 heterocycles. The third kappa shape index (κ3) is 1.06. The minimum absolute atomic E-state index is 0.0221. The molecule has 0 bridgehead atoms. The maximum absolute atomic E-state index is 12.1. The maximum Gasteiger partial charge on any atom is 0.256 e. The lowest BCUT2D eigenvalue weighted by atomic mass is 9.98. The summed E-state index contributed by atoms with van der Waals surface area (Å²) in [5.74, 6) is 0.855. The SMILES string of the molecule is C[C@@H]1SCCN2C(=O)c3ccccc3[C@]12O. The molecule has 4 heteroatoms. The lowest BCUT2D eigenvalue weighted by molar-refractivity contribution is -0.0830. The number of nitrogens with zero attached hydrogens (tertiary/aromatic N) is 1. The van der Waals surface area contributed by atoms with E-state index >= 15 is 0 Å². The van der Waals surface area contributed by atoms with Crippen molar-refractivity contribution in [2.24, 2.45) is 0 Å². The number of thioether (sulfide) groups is 1. The molecule has 1 aromatic rings. The van der Waals surface area contributed by atoms with Gasteiger partial charge in [-0.15, -0.1) is 0 Å². The minimum Gasteiger partial charge on any atom is -0.366 e. The molecule has 0 spiro atoms. The van der Waals surface area contributed by atoms with E-state index < -0.39 is 5.72 Å². The summed E-state index contributed by atoms with van der Waals surface area (Å²) in [7, 11) is 0. The highest BCUT2D eigenvalue weighted by Crippen LogP contribution is 2.46. The summed E-state index contributed by atoms with van der Waals surface area (Å²) in [5, 5.41) is 10.8. The van der Waals surface area contributed by atoms with Crippen LogP contribution in [0.2, 0.25) is 0 Å². The van der Waals surface area contributed by atoms with Crippen molar-refractivity contribution in [3.8, 4) is 0 Å². The van der Waals surface area contributed by atoms with Crippen molar-refractivity contribution < 1.29 is 9.90 Å². The van der Waals surface area contributed by atoms with Crippen molar-refractivity contribution in [1.82, 2.24) is 4.90 Å². The van der Waals surface area contributed by atoms with E-state index in [2.05, 4.69) is 0 Å². The fraction of sp³-hybridized carbons (Fsp3) is 0.417. The van der Waals surface area contributed by atoms with Crippen LogP contribution in [0.15, 0.2) is 24.3 Å². The van der Waals surface area contributed by atoms with Gasteiger partial charge < -0.3 is 10.0 Å². The number of carbonyl (C=O) groups excluding carboxylic acids is 1. The summed E-state index contributed by atoms with van der Waals surface area (Å²) in [6.07, 6.45) is 0. The number of benzene rings is 1. The van der Waals surface area contributed by atoms with Crippen LogP contribution in [0.25, 0.3) is 0 Å². The third-order valence-corrected chi connectivity index (χ3v) is 4.71. The number of aliphatic hydroxyl groups is 1. The summed E-state index contributed by atoms with van der Waals surface area (Å²) in [4.78, 5) is 13.7. The third-order valence-electron chi connectivity index (χ3n) is 3.46. The molecule has 0 saturated carbocycles. The van der Waals surface area contributed by atoms with Crippen molar-refractivity contribution in [2.45, 2.75) is 17.9 Å². The fourth-order valence-corrected chi connectivity index (χ4v) is 3.71. The fourth-order valence-electron chi connectivity index (χ4n) is 2.58. The van der Waals surface area contributed by atoms with Gasteiger partial charge in [0, 0.05) is 23.4 Å². The number of carbonyl (C=O) groups is 1. The minimum atomic E-state index is -1.10. The van der Waals surface area contributed by atoms with Crippen molar-refractivity contribution in [2.75, 3.05) is 12.3 Å². The van der Waals surface area contributed by atoms with Gasteiger partial charge in [0.2, 0.25) is 0 Å². The Balaban J connectivity index is 2.22. The highest BCUT2D eigenvalue weighted by Gasteiger charge is 2.53. The monoisotopic (exact) mass is 235 g/mol. The van der Waals surface area contributed by atoms with E-state index in [-0.39, 0.29) is 11.2 Å². The molecule has 2 aliphatic heterocycles. The number of fused-ring (bicyclic) bond motifs is 3. The molecule has 0 aliphatic carbocycles. The highest BCUT2D eigenvalue weighted by molar-refractivity contribution is 8.00. The van der Waals surface area contributed by atoms with Crippen LogP contribution in [-0.4, -0.2) is 33.5 Å². The predicted molar refractivity (Wildman–Crippen MR) is 63.3 cm³/mol.